The number of ether oxygens (including phenoxy) is 1. The number of aromatic amines is 1. The van der Waals surface area contributed by atoms with Crippen molar-refractivity contribution in [2.45, 2.75) is 19.8 Å². The summed E-state index contributed by atoms with van der Waals surface area (Å²) in [6, 6.07) is 8.54. The number of nitrogens with one attached hydrogen (secondary N) is 1. The van der Waals surface area contributed by atoms with Crippen molar-refractivity contribution in [3.05, 3.63) is 24.3 Å². The fourth-order valence-electron chi connectivity index (χ4n) is 1.31. The van der Waals surface area contributed by atoms with Crippen LogP contribution in [0.5, 0.6) is 6.01 Å². The number of nitrogens with zero attached hydrogens (tertiary/aromatic N) is 1. The molecule has 2 rings (SSSR count). The van der Waals surface area contributed by atoms with Gasteiger partial charge in [0.25, 0.3) is 6.01 Å². The normalized spacial score (nSPS) is 10.6. The second-order valence-corrected chi connectivity index (χ2v) is 3.26. The highest BCUT2D eigenvalue weighted by atomic mass is 16.5. The van der Waals surface area contributed by atoms with Gasteiger partial charge in [-0.05, 0) is 18.6 Å². The molecule has 0 atom stereocenters. The summed E-state index contributed by atoms with van der Waals surface area (Å²) in [4.78, 5) is 7.43. The quantitative estimate of drug-likeness (QED) is 0.753. The number of imidazole rings is 1. The van der Waals surface area contributed by atoms with Gasteiger partial charge in [-0.15, -0.1) is 0 Å². The first-order valence-electron chi connectivity index (χ1n) is 4.97. The van der Waals surface area contributed by atoms with Gasteiger partial charge in [0, 0.05) is 0 Å². The van der Waals surface area contributed by atoms with Crippen LogP contribution in [-0.2, 0) is 0 Å². The molecular formula is C11H14N2O. The molecule has 0 amide bonds. The minimum atomic E-state index is 0.625. The molecule has 0 fully saturated rings. The Morgan fingerprint density at radius 2 is 2.21 bits per heavy atom. The predicted molar refractivity (Wildman–Crippen MR) is 56.5 cm³/mol. The summed E-state index contributed by atoms with van der Waals surface area (Å²) in [5, 5.41) is 0. The minimum absolute atomic E-state index is 0.625. The SMILES string of the molecule is CCCCOc1nc2ccccc2[nH]1. The molecule has 1 aromatic heterocycles. The molecule has 2 aromatic rings. The summed E-state index contributed by atoms with van der Waals surface area (Å²) in [5.74, 6) is 0. The van der Waals surface area contributed by atoms with Gasteiger partial charge in [-0.25, -0.2) is 0 Å². The Morgan fingerprint density at radius 1 is 1.36 bits per heavy atom. The number of rotatable bonds is 4. The first-order chi connectivity index (χ1) is 6.90. The lowest BCUT2D eigenvalue weighted by molar-refractivity contribution is 0.289. The summed E-state index contributed by atoms with van der Waals surface area (Å²) >= 11 is 0. The first-order valence-corrected chi connectivity index (χ1v) is 4.97. The number of hydrogen-bond donors (Lipinski definition) is 1. The molecule has 74 valence electrons. The Bertz CT molecular complexity index is 375. The van der Waals surface area contributed by atoms with Crippen LogP contribution in [0.25, 0.3) is 11.0 Å². The number of H-pyrrole nitrogens is 1. The van der Waals surface area contributed by atoms with Crippen molar-refractivity contribution >= 4 is 11.0 Å². The summed E-state index contributed by atoms with van der Waals surface area (Å²) in [5.41, 5.74) is 1.98. The molecule has 0 aliphatic heterocycles. The minimum Gasteiger partial charge on any atom is -0.465 e. The number of hydrogen-bond acceptors (Lipinski definition) is 2. The van der Waals surface area contributed by atoms with Crippen molar-refractivity contribution in [1.82, 2.24) is 9.97 Å². The summed E-state index contributed by atoms with van der Waals surface area (Å²) < 4.78 is 5.46. The van der Waals surface area contributed by atoms with E-state index < -0.39 is 0 Å². The molecule has 3 nitrogen and oxygen atoms in total. The lowest BCUT2D eigenvalue weighted by Gasteiger charge is -1.98. The zero-order valence-electron chi connectivity index (χ0n) is 8.29. The van der Waals surface area contributed by atoms with E-state index in [4.69, 9.17) is 4.74 Å². The van der Waals surface area contributed by atoms with E-state index >= 15 is 0 Å². The van der Waals surface area contributed by atoms with E-state index in [0.717, 1.165) is 30.5 Å². The van der Waals surface area contributed by atoms with Crippen molar-refractivity contribution in [3.63, 3.8) is 0 Å². The molecule has 0 aliphatic carbocycles. The Balaban J connectivity index is 2.11. The van der Waals surface area contributed by atoms with Gasteiger partial charge >= 0.3 is 0 Å². The molecule has 0 bridgehead atoms. The van der Waals surface area contributed by atoms with E-state index in [2.05, 4.69) is 16.9 Å². The molecule has 0 aliphatic rings. The van der Waals surface area contributed by atoms with Crippen molar-refractivity contribution in [3.8, 4) is 6.01 Å². The van der Waals surface area contributed by atoms with E-state index in [-0.39, 0.29) is 0 Å². The van der Waals surface area contributed by atoms with Gasteiger partial charge in [-0.3, -0.25) is 0 Å². The van der Waals surface area contributed by atoms with Crippen LogP contribution in [0.1, 0.15) is 19.8 Å². The van der Waals surface area contributed by atoms with Crippen LogP contribution in [0.3, 0.4) is 0 Å². The number of aromatic nitrogens is 2. The Kier molecular flexibility index (Phi) is 2.68. The first kappa shape index (κ1) is 9.06. The Hall–Kier alpha value is -1.51. The molecule has 0 spiro atoms. The van der Waals surface area contributed by atoms with Crippen molar-refractivity contribution in [2.75, 3.05) is 6.61 Å². The smallest absolute Gasteiger partial charge is 0.294 e. The van der Waals surface area contributed by atoms with Gasteiger partial charge < -0.3 is 9.72 Å². The highest BCUT2D eigenvalue weighted by Gasteiger charge is 2.01. The molecule has 0 saturated carbocycles. The average molecular weight is 190 g/mol. The zero-order chi connectivity index (χ0) is 9.80. The average Bonchev–Trinajstić information content (AvgIpc) is 2.60. The third-order valence-corrected chi connectivity index (χ3v) is 2.10. The lowest BCUT2D eigenvalue weighted by Crippen LogP contribution is -1.97. The van der Waals surface area contributed by atoms with E-state index in [1.165, 1.54) is 0 Å². The fourth-order valence-corrected chi connectivity index (χ4v) is 1.31. The Labute approximate surface area is 83.1 Å². The molecule has 14 heavy (non-hydrogen) atoms. The molecule has 0 saturated heterocycles. The summed E-state index contributed by atoms with van der Waals surface area (Å²) in [6.07, 6.45) is 2.21. The van der Waals surface area contributed by atoms with Crippen LogP contribution in [0.15, 0.2) is 24.3 Å². The standard InChI is InChI=1S/C11H14N2O/c1-2-3-8-14-11-12-9-6-4-5-7-10(9)13-11/h4-7H,2-3,8H2,1H3,(H,12,13). The number of benzene rings is 1. The van der Waals surface area contributed by atoms with E-state index in [1.807, 2.05) is 24.3 Å². The van der Waals surface area contributed by atoms with Crippen molar-refractivity contribution in [2.24, 2.45) is 0 Å². The van der Waals surface area contributed by atoms with E-state index in [1.54, 1.807) is 0 Å². The monoisotopic (exact) mass is 190 g/mol. The Morgan fingerprint density at radius 3 is 3.00 bits per heavy atom. The maximum atomic E-state index is 5.46. The molecule has 3 heteroatoms. The highest BCUT2D eigenvalue weighted by molar-refractivity contribution is 5.75. The maximum Gasteiger partial charge on any atom is 0.294 e. The number of fused-ring (bicyclic) bond motifs is 1. The van der Waals surface area contributed by atoms with Gasteiger partial charge in [-0.2, -0.15) is 4.98 Å². The second kappa shape index (κ2) is 4.13. The molecule has 1 heterocycles. The lowest BCUT2D eigenvalue weighted by atomic mass is 10.3. The molecule has 0 unspecified atom stereocenters. The molecular weight excluding hydrogens is 176 g/mol. The molecule has 0 radical (unpaired) electrons. The van der Waals surface area contributed by atoms with Gasteiger partial charge in [0.05, 0.1) is 17.6 Å². The largest absolute Gasteiger partial charge is 0.465 e. The van der Waals surface area contributed by atoms with Crippen LogP contribution >= 0.6 is 0 Å². The highest BCUT2D eigenvalue weighted by Crippen LogP contribution is 2.14. The van der Waals surface area contributed by atoms with E-state index in [9.17, 15) is 0 Å². The summed E-state index contributed by atoms with van der Waals surface area (Å²) in [7, 11) is 0. The maximum absolute atomic E-state index is 5.46. The van der Waals surface area contributed by atoms with Crippen LogP contribution in [0.2, 0.25) is 0 Å². The third-order valence-electron chi connectivity index (χ3n) is 2.10. The van der Waals surface area contributed by atoms with Crippen molar-refractivity contribution in [1.29, 1.82) is 0 Å². The van der Waals surface area contributed by atoms with Gasteiger partial charge in [-0.1, -0.05) is 25.5 Å². The van der Waals surface area contributed by atoms with Crippen molar-refractivity contribution < 1.29 is 4.74 Å². The van der Waals surface area contributed by atoms with Gasteiger partial charge in [0.2, 0.25) is 0 Å². The van der Waals surface area contributed by atoms with Crippen LogP contribution in [0.4, 0.5) is 0 Å². The fraction of sp³-hybridized carbons (Fsp3) is 0.364. The second-order valence-electron chi connectivity index (χ2n) is 3.26. The molecule has 1 aromatic carbocycles. The van der Waals surface area contributed by atoms with Gasteiger partial charge in [0.15, 0.2) is 0 Å². The summed E-state index contributed by atoms with van der Waals surface area (Å²) in [6.45, 7) is 2.87. The van der Waals surface area contributed by atoms with Crippen LogP contribution < -0.4 is 4.74 Å². The van der Waals surface area contributed by atoms with Crippen LogP contribution in [-0.4, -0.2) is 16.6 Å². The topological polar surface area (TPSA) is 37.9 Å². The third kappa shape index (κ3) is 1.87. The molecule has 1 N–H and O–H groups in total. The van der Waals surface area contributed by atoms with Crippen LogP contribution in [0, 0.1) is 0 Å². The number of unbranched alkanes of at least 4 members (excludes halogenated alkanes) is 1. The van der Waals surface area contributed by atoms with Gasteiger partial charge in [0.1, 0.15) is 0 Å². The number of para-hydroxylation sites is 2. The zero-order valence-corrected chi connectivity index (χ0v) is 8.29. The predicted octanol–water partition coefficient (Wildman–Crippen LogP) is 2.74. The van der Waals surface area contributed by atoms with E-state index in [0.29, 0.717) is 6.01 Å².